The quantitative estimate of drug-likeness (QED) is 0.918. The summed E-state index contributed by atoms with van der Waals surface area (Å²) in [5.74, 6) is -1.32. The minimum atomic E-state index is -0.814. The van der Waals surface area contributed by atoms with Gasteiger partial charge in [-0.15, -0.1) is 11.3 Å². The van der Waals surface area contributed by atoms with E-state index in [0.29, 0.717) is 11.4 Å². The zero-order valence-electron chi connectivity index (χ0n) is 9.76. The molecule has 2 rings (SSSR count). The maximum atomic E-state index is 11.1. The highest BCUT2D eigenvalue weighted by molar-refractivity contribution is 9.10. The molecule has 94 valence electrons. The largest absolute Gasteiger partial charge is 0.481 e. The van der Waals surface area contributed by atoms with Crippen LogP contribution in [0.15, 0.2) is 34.1 Å². The number of carboxylic acid groups (broad SMARTS) is 1. The number of benzene rings is 1. The van der Waals surface area contributed by atoms with Crippen molar-refractivity contribution >= 4 is 33.2 Å². The molecule has 2 aromatic rings. The Morgan fingerprint density at radius 3 is 2.83 bits per heavy atom. The van der Waals surface area contributed by atoms with E-state index in [2.05, 4.69) is 20.9 Å². The summed E-state index contributed by atoms with van der Waals surface area (Å²) >= 11 is 4.87. The Kier molecular flexibility index (Phi) is 4.14. The van der Waals surface area contributed by atoms with Crippen LogP contribution in [0.25, 0.3) is 11.3 Å². The van der Waals surface area contributed by atoms with Gasteiger partial charge in [-0.1, -0.05) is 41.1 Å². The molecule has 1 atom stereocenters. The van der Waals surface area contributed by atoms with Crippen LogP contribution in [-0.4, -0.2) is 16.1 Å². The third-order valence-electron chi connectivity index (χ3n) is 2.68. The van der Waals surface area contributed by atoms with E-state index in [1.807, 2.05) is 36.6 Å². The molecule has 0 fully saturated rings. The summed E-state index contributed by atoms with van der Waals surface area (Å²) in [6, 6.07) is 7.79. The fraction of sp³-hybridized carbons (Fsp3) is 0.231. The zero-order valence-corrected chi connectivity index (χ0v) is 12.2. The standard InChI is InChI=1S/C13H12BrNO2S/c1-2-8(13(16)17)12-15-11(7-18-12)9-5-3-4-6-10(9)14/h3-8H,2H2,1H3,(H,16,17). The second kappa shape index (κ2) is 5.63. The first-order chi connectivity index (χ1) is 8.63. The second-order valence-electron chi connectivity index (χ2n) is 3.85. The van der Waals surface area contributed by atoms with E-state index in [1.54, 1.807) is 0 Å². The van der Waals surface area contributed by atoms with Gasteiger partial charge in [0.05, 0.1) is 5.69 Å². The van der Waals surface area contributed by atoms with Crippen LogP contribution < -0.4 is 0 Å². The Hall–Kier alpha value is -1.20. The van der Waals surface area contributed by atoms with Crippen LogP contribution >= 0.6 is 27.3 Å². The predicted octanol–water partition coefficient (Wildman–Crippen LogP) is 4.15. The van der Waals surface area contributed by atoms with Crippen molar-refractivity contribution in [2.75, 3.05) is 0 Å². The Labute approximate surface area is 118 Å². The molecule has 1 heterocycles. The summed E-state index contributed by atoms with van der Waals surface area (Å²) in [5, 5.41) is 11.7. The van der Waals surface area contributed by atoms with Crippen molar-refractivity contribution in [3.63, 3.8) is 0 Å². The summed E-state index contributed by atoms with van der Waals surface area (Å²) in [4.78, 5) is 15.5. The van der Waals surface area contributed by atoms with E-state index in [0.717, 1.165) is 15.7 Å². The van der Waals surface area contributed by atoms with Crippen molar-refractivity contribution in [1.82, 2.24) is 4.98 Å². The average molecular weight is 326 g/mol. The van der Waals surface area contributed by atoms with Gasteiger partial charge in [-0.05, 0) is 12.5 Å². The third kappa shape index (κ3) is 2.62. The van der Waals surface area contributed by atoms with Gasteiger partial charge in [-0.3, -0.25) is 4.79 Å². The van der Waals surface area contributed by atoms with Gasteiger partial charge in [0.25, 0.3) is 0 Å². The molecule has 1 N–H and O–H groups in total. The molecule has 1 aromatic carbocycles. The van der Waals surface area contributed by atoms with Crippen molar-refractivity contribution < 1.29 is 9.90 Å². The molecular weight excluding hydrogens is 314 g/mol. The van der Waals surface area contributed by atoms with E-state index in [-0.39, 0.29) is 0 Å². The van der Waals surface area contributed by atoms with Gasteiger partial charge >= 0.3 is 5.97 Å². The van der Waals surface area contributed by atoms with Crippen LogP contribution in [0.5, 0.6) is 0 Å². The van der Waals surface area contributed by atoms with Gasteiger partial charge in [-0.2, -0.15) is 0 Å². The first-order valence-electron chi connectivity index (χ1n) is 5.56. The van der Waals surface area contributed by atoms with Crippen LogP contribution in [0.3, 0.4) is 0 Å². The smallest absolute Gasteiger partial charge is 0.313 e. The minimum absolute atomic E-state index is 0.508. The molecule has 0 spiro atoms. The fourth-order valence-corrected chi connectivity index (χ4v) is 3.18. The maximum absolute atomic E-state index is 11.1. The van der Waals surface area contributed by atoms with Crippen molar-refractivity contribution in [2.45, 2.75) is 19.3 Å². The van der Waals surface area contributed by atoms with Gasteiger partial charge in [0, 0.05) is 15.4 Å². The Balaban J connectivity index is 2.36. The van der Waals surface area contributed by atoms with Crippen molar-refractivity contribution in [3.8, 4) is 11.3 Å². The Bertz CT molecular complexity index is 568. The summed E-state index contributed by atoms with van der Waals surface area (Å²) in [5.41, 5.74) is 1.81. The normalized spacial score (nSPS) is 12.3. The van der Waals surface area contributed by atoms with E-state index in [9.17, 15) is 4.79 Å². The van der Waals surface area contributed by atoms with E-state index < -0.39 is 11.9 Å². The van der Waals surface area contributed by atoms with E-state index in [4.69, 9.17) is 5.11 Å². The summed E-state index contributed by atoms with van der Waals surface area (Å²) in [6.45, 7) is 1.86. The molecule has 0 aliphatic rings. The molecule has 0 saturated carbocycles. The van der Waals surface area contributed by atoms with Gasteiger partial charge < -0.3 is 5.11 Å². The number of hydrogen-bond acceptors (Lipinski definition) is 3. The third-order valence-corrected chi connectivity index (χ3v) is 4.33. The molecule has 1 unspecified atom stereocenters. The van der Waals surface area contributed by atoms with Gasteiger partial charge in [0.2, 0.25) is 0 Å². The number of carboxylic acids is 1. The Morgan fingerprint density at radius 1 is 1.50 bits per heavy atom. The monoisotopic (exact) mass is 325 g/mol. The first-order valence-corrected chi connectivity index (χ1v) is 7.24. The lowest BCUT2D eigenvalue weighted by Gasteiger charge is -2.05. The highest BCUT2D eigenvalue weighted by atomic mass is 79.9. The molecule has 18 heavy (non-hydrogen) atoms. The highest BCUT2D eigenvalue weighted by Gasteiger charge is 2.21. The lowest BCUT2D eigenvalue weighted by molar-refractivity contribution is -0.138. The lowest BCUT2D eigenvalue weighted by atomic mass is 10.1. The second-order valence-corrected chi connectivity index (χ2v) is 5.59. The molecule has 0 aliphatic carbocycles. The summed E-state index contributed by atoms with van der Waals surface area (Å²) < 4.78 is 0.963. The van der Waals surface area contributed by atoms with Crippen molar-refractivity contribution in [1.29, 1.82) is 0 Å². The number of halogens is 1. The molecule has 0 saturated heterocycles. The van der Waals surface area contributed by atoms with Gasteiger partial charge in [0.15, 0.2) is 0 Å². The van der Waals surface area contributed by atoms with Crippen LogP contribution in [0.2, 0.25) is 0 Å². The van der Waals surface area contributed by atoms with Crippen LogP contribution in [-0.2, 0) is 4.79 Å². The van der Waals surface area contributed by atoms with Crippen LogP contribution in [0.4, 0.5) is 0 Å². The zero-order chi connectivity index (χ0) is 13.1. The number of carbonyl (C=O) groups is 1. The predicted molar refractivity (Wildman–Crippen MR) is 75.9 cm³/mol. The summed E-state index contributed by atoms with van der Waals surface area (Å²) in [7, 11) is 0. The average Bonchev–Trinajstić information content (AvgIpc) is 2.79. The van der Waals surface area contributed by atoms with Crippen molar-refractivity contribution in [2.24, 2.45) is 0 Å². The van der Waals surface area contributed by atoms with E-state index >= 15 is 0 Å². The molecule has 1 aromatic heterocycles. The van der Waals surface area contributed by atoms with Crippen LogP contribution in [0.1, 0.15) is 24.3 Å². The number of aromatic nitrogens is 1. The minimum Gasteiger partial charge on any atom is -0.481 e. The molecule has 3 nitrogen and oxygen atoms in total. The number of hydrogen-bond donors (Lipinski definition) is 1. The molecule has 0 radical (unpaired) electrons. The number of thiazole rings is 1. The van der Waals surface area contributed by atoms with E-state index in [1.165, 1.54) is 11.3 Å². The number of aliphatic carboxylic acids is 1. The fourth-order valence-electron chi connectivity index (χ4n) is 1.70. The lowest BCUT2D eigenvalue weighted by Crippen LogP contribution is -2.09. The maximum Gasteiger partial charge on any atom is 0.313 e. The molecule has 0 aliphatic heterocycles. The highest BCUT2D eigenvalue weighted by Crippen LogP contribution is 2.32. The Morgan fingerprint density at radius 2 is 2.22 bits per heavy atom. The SMILES string of the molecule is CCC(C(=O)O)c1nc(-c2ccccc2Br)cs1. The molecule has 0 bridgehead atoms. The number of rotatable bonds is 4. The van der Waals surface area contributed by atoms with Gasteiger partial charge in [0.1, 0.15) is 10.9 Å². The van der Waals surface area contributed by atoms with Crippen LogP contribution in [0, 0.1) is 0 Å². The van der Waals surface area contributed by atoms with Crippen molar-refractivity contribution in [3.05, 3.63) is 39.1 Å². The van der Waals surface area contributed by atoms with Gasteiger partial charge in [-0.25, -0.2) is 4.98 Å². The number of nitrogens with zero attached hydrogens (tertiary/aromatic N) is 1. The molecule has 0 amide bonds. The molecule has 5 heteroatoms. The molecular formula is C13H12BrNO2S. The first kappa shape index (κ1) is 13.2. The topological polar surface area (TPSA) is 50.2 Å². The summed E-state index contributed by atoms with van der Waals surface area (Å²) in [6.07, 6.45) is 0.554.